The Balaban J connectivity index is 1.64. The molecule has 3 rings (SSSR count). The van der Waals surface area contributed by atoms with Crippen LogP contribution in [-0.2, 0) is 6.54 Å². The third-order valence-electron chi connectivity index (χ3n) is 3.62. The summed E-state index contributed by atoms with van der Waals surface area (Å²) in [4.78, 5) is 15.1. The summed E-state index contributed by atoms with van der Waals surface area (Å²) in [7, 11) is 1.79. The van der Waals surface area contributed by atoms with Gasteiger partial charge in [0.25, 0.3) is 0 Å². The monoisotopic (exact) mass is 336 g/mol. The molecule has 2 aromatic rings. The van der Waals surface area contributed by atoms with Crippen LogP contribution in [0.5, 0.6) is 5.75 Å². The molecule has 0 fully saturated rings. The molecule has 0 saturated heterocycles. The summed E-state index contributed by atoms with van der Waals surface area (Å²) >= 11 is 7.41. The molecule has 1 aliphatic rings. The Kier molecular flexibility index (Phi) is 4.55. The molecule has 0 radical (unpaired) electrons. The first-order chi connectivity index (χ1) is 10.6. The Morgan fingerprint density at radius 3 is 3.00 bits per heavy atom. The van der Waals surface area contributed by atoms with E-state index in [4.69, 9.17) is 16.3 Å². The zero-order chi connectivity index (χ0) is 15.5. The largest absolute Gasteiger partial charge is 0.493 e. The van der Waals surface area contributed by atoms with E-state index in [1.54, 1.807) is 11.9 Å². The lowest BCUT2D eigenvalue weighted by molar-refractivity contribution is 0.194. The van der Waals surface area contributed by atoms with Gasteiger partial charge in [-0.25, -0.2) is 4.79 Å². The van der Waals surface area contributed by atoms with Crippen molar-refractivity contribution in [3.8, 4) is 5.75 Å². The highest BCUT2D eigenvalue weighted by atomic mass is 35.5. The second kappa shape index (κ2) is 6.58. The van der Waals surface area contributed by atoms with Crippen LogP contribution in [0.3, 0.4) is 0 Å². The number of halogens is 1. The fourth-order valence-corrected chi connectivity index (χ4v) is 3.63. The lowest BCUT2D eigenvalue weighted by Crippen LogP contribution is -2.40. The lowest BCUT2D eigenvalue weighted by Gasteiger charge is -2.28. The van der Waals surface area contributed by atoms with E-state index < -0.39 is 0 Å². The smallest absolute Gasteiger partial charge is 0.317 e. The summed E-state index contributed by atoms with van der Waals surface area (Å²) < 4.78 is 6.35. The Morgan fingerprint density at radius 1 is 1.41 bits per heavy atom. The van der Waals surface area contributed by atoms with E-state index in [9.17, 15) is 4.79 Å². The number of benzene rings is 1. The van der Waals surface area contributed by atoms with Crippen molar-refractivity contribution >= 4 is 29.0 Å². The molecule has 1 aliphatic heterocycles. The first-order valence-electron chi connectivity index (χ1n) is 7.11. The summed E-state index contributed by atoms with van der Waals surface area (Å²) in [5, 5.41) is 3.08. The molecule has 0 spiro atoms. The fraction of sp³-hybridized carbons (Fsp3) is 0.312. The van der Waals surface area contributed by atoms with Crippen LogP contribution in [-0.4, -0.2) is 24.6 Å². The molecule has 1 atom stereocenters. The Bertz CT molecular complexity index is 674. The number of urea groups is 1. The van der Waals surface area contributed by atoms with Gasteiger partial charge >= 0.3 is 6.03 Å². The summed E-state index contributed by atoms with van der Waals surface area (Å²) in [6, 6.07) is 11.5. The molecule has 1 aromatic heterocycles. The van der Waals surface area contributed by atoms with Gasteiger partial charge in [-0.15, -0.1) is 11.3 Å². The van der Waals surface area contributed by atoms with Crippen molar-refractivity contribution in [1.82, 2.24) is 10.2 Å². The van der Waals surface area contributed by atoms with E-state index in [1.807, 2.05) is 36.4 Å². The van der Waals surface area contributed by atoms with Crippen molar-refractivity contribution in [3.05, 3.63) is 51.2 Å². The van der Waals surface area contributed by atoms with E-state index in [0.717, 1.165) is 26.9 Å². The molecule has 0 aliphatic carbocycles. The molecule has 6 heteroatoms. The van der Waals surface area contributed by atoms with E-state index in [-0.39, 0.29) is 12.1 Å². The number of para-hydroxylation sites is 1. The summed E-state index contributed by atoms with van der Waals surface area (Å²) in [5.41, 5.74) is 1.04. The summed E-state index contributed by atoms with van der Waals surface area (Å²) in [6.07, 6.45) is 0.779. The van der Waals surface area contributed by atoms with E-state index in [1.165, 1.54) is 11.3 Å². The number of hydrogen-bond donors (Lipinski definition) is 1. The van der Waals surface area contributed by atoms with Crippen molar-refractivity contribution in [2.24, 2.45) is 0 Å². The quantitative estimate of drug-likeness (QED) is 0.918. The number of fused-ring (bicyclic) bond motifs is 1. The number of thiophene rings is 1. The number of carbonyl (C=O) groups excluding carboxylic acids is 1. The normalized spacial score (nSPS) is 16.5. The van der Waals surface area contributed by atoms with Crippen LogP contribution < -0.4 is 10.1 Å². The van der Waals surface area contributed by atoms with Crippen molar-refractivity contribution in [2.45, 2.75) is 19.0 Å². The van der Waals surface area contributed by atoms with Crippen LogP contribution in [0.15, 0.2) is 36.4 Å². The minimum Gasteiger partial charge on any atom is -0.493 e. The highest BCUT2D eigenvalue weighted by Crippen LogP contribution is 2.31. The Morgan fingerprint density at radius 2 is 2.23 bits per heavy atom. The van der Waals surface area contributed by atoms with Gasteiger partial charge in [-0.3, -0.25) is 0 Å². The van der Waals surface area contributed by atoms with Gasteiger partial charge in [0.05, 0.1) is 23.5 Å². The maximum atomic E-state index is 12.4. The predicted molar refractivity (Wildman–Crippen MR) is 88.6 cm³/mol. The third-order valence-corrected chi connectivity index (χ3v) is 4.84. The molecule has 4 nitrogen and oxygen atoms in total. The Labute approximate surface area is 138 Å². The van der Waals surface area contributed by atoms with Crippen molar-refractivity contribution in [1.29, 1.82) is 0 Å². The van der Waals surface area contributed by atoms with Crippen molar-refractivity contribution in [3.63, 3.8) is 0 Å². The van der Waals surface area contributed by atoms with Crippen LogP contribution >= 0.6 is 22.9 Å². The van der Waals surface area contributed by atoms with Crippen LogP contribution in [0, 0.1) is 0 Å². The number of nitrogens with one attached hydrogen (secondary N) is 1. The first kappa shape index (κ1) is 15.2. The van der Waals surface area contributed by atoms with Crippen LogP contribution in [0.1, 0.15) is 22.9 Å². The van der Waals surface area contributed by atoms with Gasteiger partial charge in [0.15, 0.2) is 0 Å². The van der Waals surface area contributed by atoms with Gasteiger partial charge < -0.3 is 15.0 Å². The average Bonchev–Trinajstić information content (AvgIpc) is 2.92. The van der Waals surface area contributed by atoms with E-state index in [2.05, 4.69) is 5.32 Å². The number of ether oxygens (including phenoxy) is 1. The maximum absolute atomic E-state index is 12.4. The molecule has 2 amide bonds. The van der Waals surface area contributed by atoms with Gasteiger partial charge in [-0.1, -0.05) is 29.8 Å². The van der Waals surface area contributed by atoms with E-state index >= 15 is 0 Å². The van der Waals surface area contributed by atoms with Crippen LogP contribution in [0.25, 0.3) is 0 Å². The minimum absolute atomic E-state index is 0.00757. The number of rotatable bonds is 3. The summed E-state index contributed by atoms with van der Waals surface area (Å²) in [5.74, 6) is 0.853. The second-order valence-corrected chi connectivity index (χ2v) is 7.04. The molecule has 1 aromatic carbocycles. The molecule has 2 heterocycles. The van der Waals surface area contributed by atoms with Gasteiger partial charge in [-0.05, 0) is 18.2 Å². The number of hydrogen-bond acceptors (Lipinski definition) is 3. The Hall–Kier alpha value is -1.72. The molecule has 116 valence electrons. The van der Waals surface area contributed by atoms with Crippen LogP contribution in [0.4, 0.5) is 4.79 Å². The highest BCUT2D eigenvalue weighted by molar-refractivity contribution is 7.16. The fourth-order valence-electron chi connectivity index (χ4n) is 2.49. The SMILES string of the molecule is CN(Cc1ccc(Cl)s1)C(=O)NC1CCOc2ccccc21. The molecule has 1 N–H and O–H groups in total. The van der Waals surface area contributed by atoms with Crippen molar-refractivity contribution < 1.29 is 9.53 Å². The minimum atomic E-state index is -0.0915. The van der Waals surface area contributed by atoms with Gasteiger partial charge in [0.2, 0.25) is 0 Å². The van der Waals surface area contributed by atoms with E-state index in [0.29, 0.717) is 13.2 Å². The van der Waals surface area contributed by atoms with Gasteiger partial charge in [0, 0.05) is 23.9 Å². The standard InChI is InChI=1S/C16H17ClN2O2S/c1-19(10-11-6-7-15(17)22-11)16(20)18-13-8-9-21-14-5-3-2-4-12(13)14/h2-7,13H,8-10H2,1H3,(H,18,20). The molecular formula is C16H17ClN2O2S. The zero-order valence-corrected chi connectivity index (χ0v) is 13.8. The third kappa shape index (κ3) is 3.36. The highest BCUT2D eigenvalue weighted by Gasteiger charge is 2.23. The summed E-state index contributed by atoms with van der Waals surface area (Å²) in [6.45, 7) is 1.17. The van der Waals surface area contributed by atoms with Crippen LogP contribution in [0.2, 0.25) is 4.34 Å². The average molecular weight is 337 g/mol. The number of nitrogens with zero attached hydrogens (tertiary/aromatic N) is 1. The van der Waals surface area contributed by atoms with Gasteiger partial charge in [0.1, 0.15) is 5.75 Å². The number of carbonyl (C=O) groups is 1. The second-order valence-electron chi connectivity index (χ2n) is 5.24. The maximum Gasteiger partial charge on any atom is 0.317 e. The van der Waals surface area contributed by atoms with Crippen molar-refractivity contribution in [2.75, 3.05) is 13.7 Å². The molecule has 0 saturated carbocycles. The molecule has 22 heavy (non-hydrogen) atoms. The predicted octanol–water partition coefficient (Wildman–Crippen LogP) is 4.07. The lowest BCUT2D eigenvalue weighted by atomic mass is 10.0. The topological polar surface area (TPSA) is 41.6 Å². The molecule has 1 unspecified atom stereocenters. The zero-order valence-electron chi connectivity index (χ0n) is 12.2. The van der Waals surface area contributed by atoms with Gasteiger partial charge in [-0.2, -0.15) is 0 Å². The molecule has 0 bridgehead atoms. The molecular weight excluding hydrogens is 320 g/mol. The number of amides is 2. The first-order valence-corrected chi connectivity index (χ1v) is 8.30.